The summed E-state index contributed by atoms with van der Waals surface area (Å²) in [7, 11) is 0. The highest BCUT2D eigenvalue weighted by molar-refractivity contribution is 5.61. The van der Waals surface area contributed by atoms with E-state index >= 15 is 0 Å². The van der Waals surface area contributed by atoms with Crippen molar-refractivity contribution in [3.05, 3.63) is 56.3 Å². The number of aliphatic hydroxyl groups is 1. The van der Waals surface area contributed by atoms with E-state index in [1.165, 1.54) is 6.92 Å². The van der Waals surface area contributed by atoms with Crippen LogP contribution in [0.2, 0.25) is 0 Å². The topological polar surface area (TPSA) is 75.6 Å². The average molecular weight is 247 g/mol. The standard InChI is InChI=1S/C13H13NO4/c1-8(15)18-13-10(11(16)12(13)17)14-7-9-5-3-2-4-6-9/h2-6,8,14-15H,7H2,1H3. The lowest BCUT2D eigenvalue weighted by molar-refractivity contribution is -0.00146. The van der Waals surface area contributed by atoms with Gasteiger partial charge in [-0.1, -0.05) is 30.3 Å². The van der Waals surface area contributed by atoms with E-state index in [1.54, 1.807) is 0 Å². The molecule has 18 heavy (non-hydrogen) atoms. The predicted molar refractivity (Wildman–Crippen MR) is 67.4 cm³/mol. The molecule has 0 aliphatic heterocycles. The first kappa shape index (κ1) is 12.3. The van der Waals surface area contributed by atoms with Crippen LogP contribution in [-0.4, -0.2) is 11.4 Å². The molecule has 0 saturated heterocycles. The second kappa shape index (κ2) is 5.01. The Morgan fingerprint density at radius 1 is 1.22 bits per heavy atom. The maximum atomic E-state index is 11.3. The predicted octanol–water partition coefficient (Wildman–Crippen LogP) is 0.612. The number of anilines is 1. The summed E-state index contributed by atoms with van der Waals surface area (Å²) < 4.78 is 4.87. The van der Waals surface area contributed by atoms with Gasteiger partial charge < -0.3 is 15.2 Å². The summed E-state index contributed by atoms with van der Waals surface area (Å²) in [6.45, 7) is 1.79. The van der Waals surface area contributed by atoms with Gasteiger partial charge in [-0.25, -0.2) is 0 Å². The lowest BCUT2D eigenvalue weighted by Gasteiger charge is -2.15. The lowest BCUT2D eigenvalue weighted by atomic mass is 10.2. The van der Waals surface area contributed by atoms with E-state index in [9.17, 15) is 9.59 Å². The van der Waals surface area contributed by atoms with E-state index in [4.69, 9.17) is 9.84 Å². The first-order valence-corrected chi connectivity index (χ1v) is 5.55. The van der Waals surface area contributed by atoms with E-state index in [0.29, 0.717) is 6.54 Å². The van der Waals surface area contributed by atoms with Gasteiger partial charge in [0, 0.05) is 6.54 Å². The van der Waals surface area contributed by atoms with Gasteiger partial charge in [-0.3, -0.25) is 9.59 Å². The van der Waals surface area contributed by atoms with Gasteiger partial charge in [0.1, 0.15) is 5.69 Å². The van der Waals surface area contributed by atoms with Crippen LogP contribution in [0.3, 0.4) is 0 Å². The number of nitrogens with one attached hydrogen (secondary N) is 1. The summed E-state index contributed by atoms with van der Waals surface area (Å²) in [4.78, 5) is 22.6. The molecule has 2 aromatic rings. The van der Waals surface area contributed by atoms with Crippen molar-refractivity contribution in [2.75, 3.05) is 5.32 Å². The Kier molecular flexibility index (Phi) is 3.43. The molecule has 94 valence electrons. The molecule has 2 N–H and O–H groups in total. The summed E-state index contributed by atoms with van der Waals surface area (Å²) in [6, 6.07) is 9.45. The molecule has 0 heterocycles. The number of benzene rings is 1. The van der Waals surface area contributed by atoms with Crippen LogP contribution in [0.25, 0.3) is 0 Å². The number of aliphatic hydroxyl groups excluding tert-OH is 1. The van der Waals surface area contributed by atoms with Crippen LogP contribution in [0.4, 0.5) is 5.69 Å². The van der Waals surface area contributed by atoms with Crippen molar-refractivity contribution in [3.8, 4) is 5.75 Å². The van der Waals surface area contributed by atoms with Gasteiger partial charge in [0.2, 0.25) is 5.75 Å². The molecule has 2 aromatic carbocycles. The zero-order chi connectivity index (χ0) is 13.1. The Hall–Kier alpha value is -2.14. The van der Waals surface area contributed by atoms with Crippen molar-refractivity contribution in [1.82, 2.24) is 0 Å². The molecule has 2 rings (SSSR count). The zero-order valence-corrected chi connectivity index (χ0v) is 9.84. The third-order valence-corrected chi connectivity index (χ3v) is 2.47. The van der Waals surface area contributed by atoms with E-state index in [0.717, 1.165) is 5.56 Å². The molecule has 0 radical (unpaired) electrons. The third-order valence-electron chi connectivity index (χ3n) is 2.47. The molecule has 5 nitrogen and oxygen atoms in total. The maximum absolute atomic E-state index is 11.3. The highest BCUT2D eigenvalue weighted by atomic mass is 16.6. The van der Waals surface area contributed by atoms with E-state index in [-0.39, 0.29) is 11.4 Å². The maximum Gasteiger partial charge on any atom is 0.272 e. The average Bonchev–Trinajstić information content (AvgIpc) is 2.38. The second-order valence-electron chi connectivity index (χ2n) is 3.92. The van der Waals surface area contributed by atoms with Crippen molar-refractivity contribution < 1.29 is 9.84 Å². The summed E-state index contributed by atoms with van der Waals surface area (Å²) in [5.41, 5.74) is -0.202. The molecule has 0 saturated carbocycles. The molecular weight excluding hydrogens is 234 g/mol. The summed E-state index contributed by atoms with van der Waals surface area (Å²) in [6.07, 6.45) is -1.12. The van der Waals surface area contributed by atoms with Crippen molar-refractivity contribution in [2.24, 2.45) is 0 Å². The Bertz CT molecular complexity index is 597. The zero-order valence-electron chi connectivity index (χ0n) is 9.84. The van der Waals surface area contributed by atoms with Crippen molar-refractivity contribution in [2.45, 2.75) is 19.8 Å². The molecule has 0 fully saturated rings. The molecule has 0 aliphatic carbocycles. The Balaban J connectivity index is 2.09. The molecule has 0 bridgehead atoms. The van der Waals surface area contributed by atoms with Gasteiger partial charge >= 0.3 is 0 Å². The van der Waals surface area contributed by atoms with Crippen LogP contribution in [-0.2, 0) is 6.54 Å². The molecule has 1 atom stereocenters. The van der Waals surface area contributed by atoms with Gasteiger partial charge in [0.25, 0.3) is 10.9 Å². The minimum Gasteiger partial charge on any atom is -0.459 e. The summed E-state index contributed by atoms with van der Waals surface area (Å²) in [5.74, 6) is -0.0917. The number of ether oxygens (including phenoxy) is 1. The molecule has 0 aromatic heterocycles. The highest BCUT2D eigenvalue weighted by Gasteiger charge is 2.23. The van der Waals surface area contributed by atoms with Gasteiger partial charge in [-0.15, -0.1) is 0 Å². The summed E-state index contributed by atoms with van der Waals surface area (Å²) >= 11 is 0. The van der Waals surface area contributed by atoms with E-state index in [2.05, 4.69) is 5.32 Å². The van der Waals surface area contributed by atoms with Crippen LogP contribution in [0.1, 0.15) is 12.5 Å². The smallest absolute Gasteiger partial charge is 0.272 e. The third kappa shape index (κ3) is 2.41. The SMILES string of the molecule is CC(O)Oc1c(NCc2ccccc2)c(=O)c1=O. The van der Waals surface area contributed by atoms with Crippen molar-refractivity contribution >= 4 is 5.69 Å². The Morgan fingerprint density at radius 3 is 2.50 bits per heavy atom. The fourth-order valence-electron chi connectivity index (χ4n) is 1.60. The molecule has 0 aliphatic rings. The first-order chi connectivity index (χ1) is 8.59. The molecule has 5 heteroatoms. The van der Waals surface area contributed by atoms with Gasteiger partial charge in [0.05, 0.1) is 0 Å². The Morgan fingerprint density at radius 2 is 1.89 bits per heavy atom. The first-order valence-electron chi connectivity index (χ1n) is 5.55. The highest BCUT2D eigenvalue weighted by Crippen LogP contribution is 2.19. The van der Waals surface area contributed by atoms with Crippen LogP contribution in [0.15, 0.2) is 39.9 Å². The van der Waals surface area contributed by atoms with Crippen LogP contribution < -0.4 is 20.9 Å². The normalized spacial score (nSPS) is 12.3. The quantitative estimate of drug-likeness (QED) is 0.598. The van der Waals surface area contributed by atoms with Gasteiger partial charge in [-0.05, 0) is 12.5 Å². The van der Waals surface area contributed by atoms with Gasteiger partial charge in [0.15, 0.2) is 6.29 Å². The summed E-state index contributed by atoms with van der Waals surface area (Å²) in [5, 5.41) is 11.9. The lowest BCUT2D eigenvalue weighted by Crippen LogP contribution is -2.37. The van der Waals surface area contributed by atoms with Crippen LogP contribution >= 0.6 is 0 Å². The molecular formula is C13H13NO4. The van der Waals surface area contributed by atoms with Crippen LogP contribution in [0.5, 0.6) is 5.75 Å². The number of rotatable bonds is 5. The fourth-order valence-corrected chi connectivity index (χ4v) is 1.60. The molecule has 0 spiro atoms. The molecule has 1 unspecified atom stereocenters. The number of hydrogen-bond donors (Lipinski definition) is 2. The fraction of sp³-hybridized carbons (Fsp3) is 0.231. The second-order valence-corrected chi connectivity index (χ2v) is 3.92. The van der Waals surface area contributed by atoms with Crippen LogP contribution in [0, 0.1) is 0 Å². The Labute approximate surface area is 103 Å². The monoisotopic (exact) mass is 247 g/mol. The molecule has 0 amide bonds. The minimum absolute atomic E-state index is 0.0917. The largest absolute Gasteiger partial charge is 0.459 e. The van der Waals surface area contributed by atoms with Crippen molar-refractivity contribution in [1.29, 1.82) is 0 Å². The van der Waals surface area contributed by atoms with E-state index < -0.39 is 17.1 Å². The van der Waals surface area contributed by atoms with Gasteiger partial charge in [-0.2, -0.15) is 0 Å². The van der Waals surface area contributed by atoms with E-state index in [1.807, 2.05) is 30.3 Å². The minimum atomic E-state index is -1.12. The number of hydrogen-bond acceptors (Lipinski definition) is 5. The van der Waals surface area contributed by atoms with Crippen molar-refractivity contribution in [3.63, 3.8) is 0 Å².